The Labute approximate surface area is 226 Å². The average molecular weight is 540 g/mol. The Morgan fingerprint density at radius 2 is 1.67 bits per heavy atom. The normalized spacial score (nSPS) is 15.4. The molecule has 0 aliphatic carbocycles. The molecule has 0 spiro atoms. The maximum Gasteiger partial charge on any atom is 0.290 e. The van der Waals surface area contributed by atoms with Crippen LogP contribution in [0.1, 0.15) is 42.4 Å². The topological polar surface area (TPSA) is 117 Å². The lowest BCUT2D eigenvalue weighted by molar-refractivity contribution is -0.129. The first-order chi connectivity index (χ1) is 18.7. The predicted molar refractivity (Wildman–Crippen MR) is 143 cm³/mol. The molecule has 10 heteroatoms. The van der Waals surface area contributed by atoms with Gasteiger partial charge in [-0.1, -0.05) is 12.1 Å². The van der Waals surface area contributed by atoms with E-state index in [1.54, 1.807) is 36.4 Å². The minimum atomic E-state index is -0.951. The molecule has 1 atom stereocenters. The average Bonchev–Trinajstić information content (AvgIpc) is 3.48. The Balaban J connectivity index is 1.82. The fourth-order valence-corrected chi connectivity index (χ4v) is 4.72. The van der Waals surface area contributed by atoms with Crippen LogP contribution in [0.4, 0.5) is 0 Å². The van der Waals surface area contributed by atoms with Crippen LogP contribution in [0.3, 0.4) is 0 Å². The quantitative estimate of drug-likeness (QED) is 0.254. The molecule has 1 aromatic heterocycles. The Hall–Kier alpha value is -4.18. The molecule has 0 fully saturated rings. The number of hydrogen-bond acceptors (Lipinski definition) is 9. The molecule has 0 bridgehead atoms. The van der Waals surface area contributed by atoms with Gasteiger partial charge >= 0.3 is 0 Å². The molecular formula is C29H33NO9. The lowest BCUT2D eigenvalue weighted by Crippen LogP contribution is -2.32. The van der Waals surface area contributed by atoms with Gasteiger partial charge in [-0.2, -0.15) is 0 Å². The molecule has 3 aromatic rings. The second kappa shape index (κ2) is 11.7. The van der Waals surface area contributed by atoms with E-state index in [1.807, 2.05) is 13.8 Å². The summed E-state index contributed by atoms with van der Waals surface area (Å²) in [5, 5.41) is 11.7. The van der Waals surface area contributed by atoms with E-state index in [4.69, 9.17) is 28.1 Å². The largest absolute Gasteiger partial charge is 0.503 e. The highest BCUT2D eigenvalue weighted by Crippen LogP contribution is 2.46. The molecule has 1 unspecified atom stereocenters. The van der Waals surface area contributed by atoms with Gasteiger partial charge in [0.25, 0.3) is 5.91 Å². The lowest BCUT2D eigenvalue weighted by atomic mass is 9.94. The van der Waals surface area contributed by atoms with Crippen LogP contribution in [-0.2, 0) is 9.53 Å². The van der Waals surface area contributed by atoms with Crippen LogP contribution in [0.25, 0.3) is 11.0 Å². The summed E-state index contributed by atoms with van der Waals surface area (Å²) in [6.45, 7) is 4.47. The number of para-hydroxylation sites is 1. The fourth-order valence-electron chi connectivity index (χ4n) is 4.72. The number of fused-ring (bicyclic) bond motifs is 1. The van der Waals surface area contributed by atoms with E-state index in [0.717, 1.165) is 0 Å². The first-order valence-corrected chi connectivity index (χ1v) is 12.5. The minimum Gasteiger partial charge on any atom is -0.503 e. The van der Waals surface area contributed by atoms with Crippen LogP contribution in [0.2, 0.25) is 0 Å². The van der Waals surface area contributed by atoms with Crippen molar-refractivity contribution >= 4 is 22.7 Å². The summed E-state index contributed by atoms with van der Waals surface area (Å²) in [4.78, 5) is 28.7. The number of aliphatic hydroxyl groups is 1. The fraction of sp³-hybridized carbons (Fsp3) is 0.379. The summed E-state index contributed by atoms with van der Waals surface area (Å²) in [7, 11) is 5.94. The van der Waals surface area contributed by atoms with Gasteiger partial charge in [-0.25, -0.2) is 0 Å². The number of Topliss-reactive ketones (excluding diaryl/α,β-unsaturated/α-hetero) is 1. The number of ketones is 1. The van der Waals surface area contributed by atoms with Crippen molar-refractivity contribution in [1.29, 1.82) is 0 Å². The molecule has 2 heterocycles. The van der Waals surface area contributed by atoms with Crippen LogP contribution in [0.15, 0.2) is 52.1 Å². The van der Waals surface area contributed by atoms with Gasteiger partial charge in [-0.3, -0.25) is 9.59 Å². The molecule has 208 valence electrons. The van der Waals surface area contributed by atoms with Crippen LogP contribution < -0.4 is 18.9 Å². The summed E-state index contributed by atoms with van der Waals surface area (Å²) in [6, 6.07) is 9.21. The lowest BCUT2D eigenvalue weighted by Gasteiger charge is -2.28. The van der Waals surface area contributed by atoms with Crippen molar-refractivity contribution < 1.29 is 42.8 Å². The van der Waals surface area contributed by atoms with Crippen LogP contribution in [0.5, 0.6) is 23.0 Å². The Bertz CT molecular complexity index is 1380. The molecule has 0 saturated carbocycles. The second-order valence-electron chi connectivity index (χ2n) is 9.21. The van der Waals surface area contributed by atoms with Crippen LogP contribution in [0, 0.1) is 0 Å². The zero-order chi connectivity index (χ0) is 28.3. The summed E-state index contributed by atoms with van der Waals surface area (Å²) >= 11 is 0. The Morgan fingerprint density at radius 3 is 2.26 bits per heavy atom. The molecule has 0 saturated heterocycles. The third kappa shape index (κ3) is 5.24. The van der Waals surface area contributed by atoms with E-state index in [9.17, 15) is 14.7 Å². The standard InChI is InChI=1S/C29H33NO9/c1-16(2)38-12-8-11-30-24(18-14-21(35-4)28(37-6)22(15-18)36-5)23(26(32)29(30)33)25(31)20-13-17-9-7-10-19(34-3)27(17)39-20/h7,9-10,13-16,24,32H,8,11-12H2,1-6H3. The van der Waals surface area contributed by atoms with Crippen molar-refractivity contribution in [1.82, 2.24) is 4.90 Å². The zero-order valence-electron chi connectivity index (χ0n) is 22.9. The van der Waals surface area contributed by atoms with E-state index >= 15 is 0 Å². The van der Waals surface area contributed by atoms with Crippen molar-refractivity contribution in [2.45, 2.75) is 32.4 Å². The third-order valence-corrected chi connectivity index (χ3v) is 6.50. The Morgan fingerprint density at radius 1 is 1.00 bits per heavy atom. The van der Waals surface area contributed by atoms with E-state index < -0.39 is 23.5 Å². The number of hydrogen-bond donors (Lipinski definition) is 1. The molecule has 2 aromatic carbocycles. The number of rotatable bonds is 12. The van der Waals surface area contributed by atoms with Gasteiger partial charge in [0.2, 0.25) is 11.5 Å². The van der Waals surface area contributed by atoms with E-state index in [1.165, 1.54) is 33.3 Å². The van der Waals surface area contributed by atoms with Crippen LogP contribution >= 0.6 is 0 Å². The van der Waals surface area contributed by atoms with E-state index in [0.29, 0.717) is 52.6 Å². The molecule has 1 N–H and O–H groups in total. The molecule has 10 nitrogen and oxygen atoms in total. The minimum absolute atomic E-state index is 0.0268. The first kappa shape index (κ1) is 27.8. The second-order valence-corrected chi connectivity index (χ2v) is 9.21. The number of carbonyl (C=O) groups is 2. The molecule has 0 radical (unpaired) electrons. The monoisotopic (exact) mass is 539 g/mol. The molecular weight excluding hydrogens is 506 g/mol. The molecule has 1 amide bonds. The zero-order valence-corrected chi connectivity index (χ0v) is 22.9. The van der Waals surface area contributed by atoms with E-state index in [-0.39, 0.29) is 24.0 Å². The van der Waals surface area contributed by atoms with Gasteiger partial charge < -0.3 is 38.1 Å². The molecule has 39 heavy (non-hydrogen) atoms. The highest BCUT2D eigenvalue weighted by atomic mass is 16.5. The van der Waals surface area contributed by atoms with Crippen molar-refractivity contribution in [2.75, 3.05) is 41.6 Å². The number of aliphatic hydroxyl groups excluding tert-OH is 1. The number of carbonyl (C=O) groups excluding carboxylic acids is 2. The maximum atomic E-state index is 13.9. The van der Waals surface area contributed by atoms with Gasteiger partial charge in [-0.15, -0.1) is 0 Å². The van der Waals surface area contributed by atoms with Gasteiger partial charge in [0.1, 0.15) is 0 Å². The predicted octanol–water partition coefficient (Wildman–Crippen LogP) is 4.86. The Kier molecular flexibility index (Phi) is 8.35. The van der Waals surface area contributed by atoms with Crippen molar-refractivity contribution in [3.05, 3.63) is 59.1 Å². The number of benzene rings is 2. The summed E-state index contributed by atoms with van der Waals surface area (Å²) in [6.07, 6.45) is 0.514. The number of ether oxygens (including phenoxy) is 5. The van der Waals surface area contributed by atoms with Gasteiger partial charge in [0, 0.05) is 18.5 Å². The highest BCUT2D eigenvalue weighted by molar-refractivity contribution is 6.16. The number of furan rings is 1. The van der Waals surface area contributed by atoms with Gasteiger partial charge in [0.15, 0.2) is 34.4 Å². The molecule has 4 rings (SSSR count). The molecule has 1 aliphatic heterocycles. The summed E-state index contributed by atoms with van der Waals surface area (Å²) in [5.74, 6) is -0.477. The molecule has 1 aliphatic rings. The first-order valence-electron chi connectivity index (χ1n) is 12.5. The van der Waals surface area contributed by atoms with Crippen molar-refractivity contribution in [3.63, 3.8) is 0 Å². The summed E-state index contributed by atoms with van der Waals surface area (Å²) < 4.78 is 33.4. The highest BCUT2D eigenvalue weighted by Gasteiger charge is 2.45. The SMILES string of the molecule is COc1cc(C2C(C(=O)c3cc4cccc(OC)c4o3)=C(O)C(=O)N2CCCOC(C)C)cc(OC)c1OC. The smallest absolute Gasteiger partial charge is 0.290 e. The van der Waals surface area contributed by atoms with E-state index in [2.05, 4.69) is 0 Å². The maximum absolute atomic E-state index is 13.9. The van der Waals surface area contributed by atoms with Crippen molar-refractivity contribution in [3.8, 4) is 23.0 Å². The third-order valence-electron chi connectivity index (χ3n) is 6.50. The number of methoxy groups -OCH3 is 4. The number of nitrogens with zero attached hydrogens (tertiary/aromatic N) is 1. The van der Waals surface area contributed by atoms with Gasteiger partial charge in [0.05, 0.1) is 46.2 Å². The van der Waals surface area contributed by atoms with Crippen molar-refractivity contribution in [2.24, 2.45) is 0 Å². The number of amides is 1. The summed E-state index contributed by atoms with van der Waals surface area (Å²) in [5.41, 5.74) is 0.764. The van der Waals surface area contributed by atoms with Gasteiger partial charge in [-0.05, 0) is 50.1 Å². The van der Waals surface area contributed by atoms with Crippen LogP contribution in [-0.4, -0.2) is 69.4 Å².